The molecule has 3 aliphatic rings. The van der Waals surface area contributed by atoms with Gasteiger partial charge in [-0.05, 0) is 62.8 Å². The van der Waals surface area contributed by atoms with Crippen LogP contribution in [-0.4, -0.2) is 48.6 Å². The third kappa shape index (κ3) is 3.41. The van der Waals surface area contributed by atoms with Crippen molar-refractivity contribution in [3.05, 3.63) is 40.4 Å². The third-order valence-electron chi connectivity index (χ3n) is 6.48. The lowest BCUT2D eigenvalue weighted by atomic mass is 9.74. The summed E-state index contributed by atoms with van der Waals surface area (Å²) in [5.74, 6) is 0.274. The van der Waals surface area contributed by atoms with E-state index in [0.29, 0.717) is 30.2 Å². The largest absolute Gasteiger partial charge is 0.451 e. The van der Waals surface area contributed by atoms with Crippen molar-refractivity contribution < 1.29 is 14.3 Å². The Morgan fingerprint density at radius 3 is 2.32 bits per heavy atom. The molecule has 2 heterocycles. The quantitative estimate of drug-likeness (QED) is 0.706. The summed E-state index contributed by atoms with van der Waals surface area (Å²) < 4.78 is 5.79. The van der Waals surface area contributed by atoms with Crippen LogP contribution in [0.25, 0.3) is 0 Å². The van der Waals surface area contributed by atoms with Crippen LogP contribution in [0.3, 0.4) is 0 Å². The topological polar surface area (TPSA) is 49.9 Å². The number of amides is 1. The predicted molar refractivity (Wildman–Crippen MR) is 109 cm³/mol. The molecule has 5 nitrogen and oxygen atoms in total. The van der Waals surface area contributed by atoms with Gasteiger partial charge in [0.15, 0.2) is 0 Å². The highest BCUT2D eigenvalue weighted by molar-refractivity contribution is 6.30. The van der Waals surface area contributed by atoms with Gasteiger partial charge in [-0.1, -0.05) is 18.5 Å². The second-order valence-corrected chi connectivity index (χ2v) is 8.76. The Balaban J connectivity index is 1.48. The van der Waals surface area contributed by atoms with Gasteiger partial charge in [0.05, 0.1) is 5.57 Å². The van der Waals surface area contributed by atoms with E-state index in [9.17, 15) is 9.59 Å². The molecule has 0 aromatic heterocycles. The first-order valence-corrected chi connectivity index (χ1v) is 10.5. The first-order valence-electron chi connectivity index (χ1n) is 10.1. The van der Waals surface area contributed by atoms with E-state index in [1.54, 1.807) is 6.92 Å². The molecule has 1 spiro atoms. The average Bonchev–Trinajstić information content (AvgIpc) is 2.94. The maximum atomic E-state index is 13.4. The molecule has 4 rings (SSSR count). The smallest absolute Gasteiger partial charge is 0.335 e. The SMILES string of the molecule is CC1=C(C(=O)N2CCN(c3ccc(Cl)cc3)CC2)C2(CCC(C)CC2)OC1=O. The number of nitrogens with zero attached hydrogens (tertiary/aromatic N) is 2. The molecule has 2 fully saturated rings. The summed E-state index contributed by atoms with van der Waals surface area (Å²) in [5, 5.41) is 0.720. The second kappa shape index (κ2) is 7.43. The van der Waals surface area contributed by atoms with Crippen LogP contribution >= 0.6 is 11.6 Å². The molecule has 0 N–H and O–H groups in total. The number of piperazine rings is 1. The monoisotopic (exact) mass is 402 g/mol. The Bertz CT molecular complexity index is 802. The Morgan fingerprint density at radius 2 is 1.71 bits per heavy atom. The van der Waals surface area contributed by atoms with Gasteiger partial charge in [0.2, 0.25) is 0 Å². The Kier molecular flexibility index (Phi) is 5.13. The molecule has 1 saturated carbocycles. The van der Waals surface area contributed by atoms with Crippen molar-refractivity contribution in [2.24, 2.45) is 5.92 Å². The molecule has 0 unspecified atom stereocenters. The van der Waals surface area contributed by atoms with Gasteiger partial charge in [-0.25, -0.2) is 4.79 Å². The summed E-state index contributed by atoms with van der Waals surface area (Å²) in [4.78, 5) is 29.9. The van der Waals surface area contributed by atoms with Gasteiger partial charge in [-0.2, -0.15) is 0 Å². The molecule has 1 amide bonds. The van der Waals surface area contributed by atoms with E-state index in [1.807, 2.05) is 29.2 Å². The van der Waals surface area contributed by atoms with Crippen LogP contribution in [0.2, 0.25) is 5.02 Å². The summed E-state index contributed by atoms with van der Waals surface area (Å²) in [6.07, 6.45) is 3.48. The molecule has 1 aromatic carbocycles. The number of benzene rings is 1. The van der Waals surface area contributed by atoms with Gasteiger partial charge >= 0.3 is 5.97 Å². The van der Waals surface area contributed by atoms with Crippen LogP contribution in [0.1, 0.15) is 39.5 Å². The fourth-order valence-corrected chi connectivity index (χ4v) is 4.79. The number of carbonyl (C=O) groups is 2. The minimum Gasteiger partial charge on any atom is -0.451 e. The minimum absolute atomic E-state index is 0.0198. The highest BCUT2D eigenvalue weighted by Gasteiger charge is 2.51. The molecular weight excluding hydrogens is 376 g/mol. The predicted octanol–water partition coefficient (Wildman–Crippen LogP) is 3.81. The molecule has 0 radical (unpaired) electrons. The van der Waals surface area contributed by atoms with Gasteiger partial charge in [-0.15, -0.1) is 0 Å². The Hall–Kier alpha value is -2.01. The zero-order chi connectivity index (χ0) is 19.9. The van der Waals surface area contributed by atoms with E-state index in [4.69, 9.17) is 16.3 Å². The van der Waals surface area contributed by atoms with E-state index in [1.165, 1.54) is 0 Å². The molecule has 1 aliphatic carbocycles. The van der Waals surface area contributed by atoms with Crippen molar-refractivity contribution in [2.45, 2.75) is 45.1 Å². The number of hydrogen-bond acceptors (Lipinski definition) is 4. The minimum atomic E-state index is -0.696. The lowest BCUT2D eigenvalue weighted by Crippen LogP contribution is -2.51. The van der Waals surface area contributed by atoms with Crippen molar-refractivity contribution >= 4 is 29.2 Å². The number of rotatable bonds is 2. The van der Waals surface area contributed by atoms with Gasteiger partial charge in [0.25, 0.3) is 5.91 Å². The fraction of sp³-hybridized carbons (Fsp3) is 0.545. The summed E-state index contributed by atoms with van der Waals surface area (Å²) >= 11 is 5.98. The van der Waals surface area contributed by atoms with E-state index in [-0.39, 0.29) is 11.9 Å². The van der Waals surface area contributed by atoms with Gasteiger partial charge in [-0.3, -0.25) is 4.79 Å². The van der Waals surface area contributed by atoms with Crippen molar-refractivity contribution in [1.29, 1.82) is 0 Å². The Morgan fingerprint density at radius 1 is 1.11 bits per heavy atom. The number of ether oxygens (including phenoxy) is 1. The highest BCUT2D eigenvalue weighted by atomic mass is 35.5. The van der Waals surface area contributed by atoms with Crippen LogP contribution in [0.5, 0.6) is 0 Å². The van der Waals surface area contributed by atoms with Gasteiger partial charge in [0.1, 0.15) is 5.60 Å². The van der Waals surface area contributed by atoms with Crippen LogP contribution < -0.4 is 4.90 Å². The lowest BCUT2D eigenvalue weighted by molar-refractivity contribution is -0.150. The number of halogens is 1. The van der Waals surface area contributed by atoms with Crippen LogP contribution in [0, 0.1) is 5.92 Å². The summed E-state index contributed by atoms with van der Waals surface area (Å²) in [7, 11) is 0. The Labute approximate surface area is 171 Å². The zero-order valence-electron chi connectivity index (χ0n) is 16.5. The second-order valence-electron chi connectivity index (χ2n) is 8.32. The molecular formula is C22H27ClN2O3. The summed E-state index contributed by atoms with van der Waals surface area (Å²) in [6.45, 7) is 6.76. The molecule has 2 aliphatic heterocycles. The number of hydrogen-bond donors (Lipinski definition) is 0. The van der Waals surface area contributed by atoms with E-state index < -0.39 is 5.60 Å². The summed E-state index contributed by atoms with van der Waals surface area (Å²) in [6, 6.07) is 7.79. The first-order chi connectivity index (χ1) is 13.4. The standard InChI is InChI=1S/C22H27ClN2O3/c1-15-7-9-22(10-8-15)19(16(2)21(27)28-22)20(26)25-13-11-24(12-14-25)18-5-3-17(23)4-6-18/h3-6,15H,7-14H2,1-2H3. The van der Waals surface area contributed by atoms with Crippen molar-refractivity contribution in [3.63, 3.8) is 0 Å². The first kappa shape index (κ1) is 19.3. The van der Waals surface area contributed by atoms with E-state index in [0.717, 1.165) is 49.5 Å². The lowest BCUT2D eigenvalue weighted by Gasteiger charge is -2.40. The van der Waals surface area contributed by atoms with Crippen molar-refractivity contribution in [3.8, 4) is 0 Å². The number of carbonyl (C=O) groups excluding carboxylic acids is 2. The molecule has 0 atom stereocenters. The van der Waals surface area contributed by atoms with Crippen LogP contribution in [0.15, 0.2) is 35.4 Å². The highest BCUT2D eigenvalue weighted by Crippen LogP contribution is 2.45. The molecule has 150 valence electrons. The maximum Gasteiger partial charge on any atom is 0.335 e. The van der Waals surface area contributed by atoms with Gasteiger partial charge in [0, 0.05) is 42.5 Å². The molecule has 6 heteroatoms. The summed E-state index contributed by atoms with van der Waals surface area (Å²) in [5.41, 5.74) is 1.53. The maximum absolute atomic E-state index is 13.4. The number of anilines is 1. The van der Waals surface area contributed by atoms with Gasteiger partial charge < -0.3 is 14.5 Å². The molecule has 1 aromatic rings. The van der Waals surface area contributed by atoms with E-state index >= 15 is 0 Å². The van der Waals surface area contributed by atoms with E-state index in [2.05, 4.69) is 11.8 Å². The number of esters is 1. The van der Waals surface area contributed by atoms with Crippen molar-refractivity contribution in [2.75, 3.05) is 31.1 Å². The third-order valence-corrected chi connectivity index (χ3v) is 6.73. The molecule has 28 heavy (non-hydrogen) atoms. The van der Waals surface area contributed by atoms with Crippen molar-refractivity contribution in [1.82, 2.24) is 4.90 Å². The van der Waals surface area contributed by atoms with Crippen LogP contribution in [-0.2, 0) is 14.3 Å². The zero-order valence-corrected chi connectivity index (χ0v) is 17.3. The normalized spacial score (nSPS) is 28.1. The fourth-order valence-electron chi connectivity index (χ4n) is 4.66. The molecule has 1 saturated heterocycles. The molecule has 0 bridgehead atoms. The van der Waals surface area contributed by atoms with Crippen LogP contribution in [0.4, 0.5) is 5.69 Å². The average molecular weight is 403 g/mol.